The number of fused-ring (bicyclic) bond motifs is 1. The van der Waals surface area contributed by atoms with E-state index in [1.165, 1.54) is 27.0 Å². The molecule has 1 N–H and O–H groups in total. The van der Waals surface area contributed by atoms with Crippen LogP contribution < -0.4 is 4.74 Å². The molecular formula is C21H19FIrNO3-. The van der Waals surface area contributed by atoms with Crippen molar-refractivity contribution in [3.8, 4) is 17.0 Å². The average molecular weight is 545 g/mol. The van der Waals surface area contributed by atoms with E-state index in [4.69, 9.17) is 9.84 Å². The Bertz CT molecular complexity index is 948. The average Bonchev–Trinajstić information content (AvgIpc) is 2.61. The van der Waals surface area contributed by atoms with E-state index >= 15 is 0 Å². The number of carbonyl (C=O) groups is 1. The van der Waals surface area contributed by atoms with Crippen LogP contribution in [0.25, 0.3) is 22.0 Å². The van der Waals surface area contributed by atoms with Crippen molar-refractivity contribution in [2.24, 2.45) is 0 Å². The number of nitrogens with zero attached hydrogens (tertiary/aromatic N) is 1. The van der Waals surface area contributed by atoms with Crippen LogP contribution in [-0.4, -0.2) is 23.0 Å². The van der Waals surface area contributed by atoms with Gasteiger partial charge in [0.1, 0.15) is 0 Å². The van der Waals surface area contributed by atoms with Gasteiger partial charge in [0.2, 0.25) is 0 Å². The summed E-state index contributed by atoms with van der Waals surface area (Å²) in [5.74, 6) is -0.301. The van der Waals surface area contributed by atoms with E-state index < -0.39 is 5.82 Å². The Morgan fingerprint density at radius 2 is 1.93 bits per heavy atom. The molecule has 143 valence electrons. The number of hydrogen-bond donors (Lipinski definition) is 1. The second-order valence-electron chi connectivity index (χ2n) is 5.51. The first-order valence-electron chi connectivity index (χ1n) is 7.90. The molecule has 0 fully saturated rings. The van der Waals surface area contributed by atoms with Crippen molar-refractivity contribution >= 4 is 16.6 Å². The van der Waals surface area contributed by atoms with Gasteiger partial charge in [-0.1, -0.05) is 35.9 Å². The van der Waals surface area contributed by atoms with Crippen molar-refractivity contribution in [2.45, 2.75) is 13.8 Å². The van der Waals surface area contributed by atoms with Gasteiger partial charge in [0.05, 0.1) is 24.4 Å². The van der Waals surface area contributed by atoms with E-state index in [1.807, 2.05) is 30.3 Å². The predicted molar refractivity (Wildman–Crippen MR) is 99.6 cm³/mol. The molecule has 1 radical (unpaired) electrons. The van der Waals surface area contributed by atoms with Crippen molar-refractivity contribution in [2.75, 3.05) is 7.11 Å². The number of ketones is 1. The van der Waals surface area contributed by atoms with Crippen LogP contribution in [0.5, 0.6) is 5.75 Å². The smallest absolute Gasteiger partial charge is 0.155 e. The van der Waals surface area contributed by atoms with Crippen LogP contribution in [0.4, 0.5) is 4.39 Å². The minimum atomic E-state index is -0.436. The molecule has 1 heterocycles. The fourth-order valence-corrected chi connectivity index (χ4v) is 2.40. The van der Waals surface area contributed by atoms with Crippen LogP contribution >= 0.6 is 0 Å². The van der Waals surface area contributed by atoms with E-state index in [-0.39, 0.29) is 37.4 Å². The second-order valence-corrected chi connectivity index (χ2v) is 5.51. The second kappa shape index (κ2) is 10.6. The van der Waals surface area contributed by atoms with Crippen LogP contribution in [-0.2, 0) is 24.9 Å². The summed E-state index contributed by atoms with van der Waals surface area (Å²) in [6, 6.07) is 15.7. The molecule has 0 unspecified atom stereocenters. The molecule has 4 nitrogen and oxygen atoms in total. The number of benzene rings is 2. The number of aliphatic hydroxyl groups is 1. The Balaban J connectivity index is 0.000000395. The number of halogens is 1. The maximum Gasteiger partial charge on any atom is 0.155 e. The summed E-state index contributed by atoms with van der Waals surface area (Å²) < 4.78 is 19.3. The summed E-state index contributed by atoms with van der Waals surface area (Å²) in [6.45, 7) is 2.85. The summed E-state index contributed by atoms with van der Waals surface area (Å²) in [5, 5.41) is 10.3. The number of ether oxygens (including phenoxy) is 1. The molecule has 27 heavy (non-hydrogen) atoms. The quantitative estimate of drug-likeness (QED) is 0.290. The summed E-state index contributed by atoms with van der Waals surface area (Å²) in [7, 11) is 1.44. The third-order valence-electron chi connectivity index (χ3n) is 3.44. The number of methoxy groups -OCH3 is 1. The van der Waals surface area contributed by atoms with Gasteiger partial charge in [0.15, 0.2) is 5.78 Å². The van der Waals surface area contributed by atoms with E-state index in [2.05, 4.69) is 11.1 Å². The van der Waals surface area contributed by atoms with Crippen LogP contribution in [0.1, 0.15) is 13.8 Å². The van der Waals surface area contributed by atoms with E-state index in [0.29, 0.717) is 11.3 Å². The number of aliphatic hydroxyl groups excluding tert-OH is 1. The zero-order valence-corrected chi connectivity index (χ0v) is 17.5. The molecular weight excluding hydrogens is 525 g/mol. The van der Waals surface area contributed by atoms with E-state index in [1.54, 1.807) is 18.3 Å². The third kappa shape index (κ3) is 5.98. The Morgan fingerprint density at radius 1 is 1.22 bits per heavy atom. The fraction of sp³-hybridized carbons (Fsp3) is 0.143. The molecule has 0 aliphatic rings. The van der Waals surface area contributed by atoms with Crippen LogP contribution in [0, 0.1) is 11.9 Å². The Kier molecular flexibility index (Phi) is 8.79. The van der Waals surface area contributed by atoms with E-state index in [9.17, 15) is 9.18 Å². The number of aromatic nitrogens is 1. The summed E-state index contributed by atoms with van der Waals surface area (Å²) in [4.78, 5) is 14.3. The normalized spacial score (nSPS) is 10.4. The summed E-state index contributed by atoms with van der Waals surface area (Å²) >= 11 is 0. The van der Waals surface area contributed by atoms with Crippen LogP contribution in [0.2, 0.25) is 0 Å². The Hall–Kier alpha value is -2.56. The fourth-order valence-electron chi connectivity index (χ4n) is 2.40. The van der Waals surface area contributed by atoms with Crippen LogP contribution in [0.15, 0.2) is 60.5 Å². The topological polar surface area (TPSA) is 59.4 Å². The van der Waals surface area contributed by atoms with Crippen molar-refractivity contribution in [1.29, 1.82) is 0 Å². The molecule has 2 aromatic carbocycles. The first-order valence-corrected chi connectivity index (χ1v) is 7.90. The monoisotopic (exact) mass is 545 g/mol. The van der Waals surface area contributed by atoms with Gasteiger partial charge in [0, 0.05) is 32.4 Å². The molecule has 3 aromatic rings. The molecule has 0 spiro atoms. The van der Waals surface area contributed by atoms with Gasteiger partial charge in [-0.25, -0.2) is 0 Å². The summed E-state index contributed by atoms with van der Waals surface area (Å²) in [5.41, 5.74) is 0.908. The Morgan fingerprint density at radius 3 is 2.52 bits per heavy atom. The van der Waals surface area contributed by atoms with Crippen molar-refractivity contribution in [3.63, 3.8) is 0 Å². The van der Waals surface area contributed by atoms with Crippen molar-refractivity contribution < 1.29 is 39.1 Å². The molecule has 6 heteroatoms. The van der Waals surface area contributed by atoms with Crippen molar-refractivity contribution in [1.82, 2.24) is 4.98 Å². The molecule has 0 aliphatic carbocycles. The maximum atomic E-state index is 14.3. The molecule has 0 atom stereocenters. The molecule has 0 bridgehead atoms. The SMILES string of the molecule is CC(=O)C=C(C)O.COc1cc[c-]c(-c2nccc3ccccc23)c1F.[Ir]. The number of hydrogen-bond acceptors (Lipinski definition) is 4. The zero-order valence-electron chi connectivity index (χ0n) is 15.1. The Labute approximate surface area is 171 Å². The molecule has 0 amide bonds. The first kappa shape index (κ1) is 22.5. The van der Waals surface area contributed by atoms with Gasteiger partial charge in [0.25, 0.3) is 0 Å². The number of carbonyl (C=O) groups excluding carboxylic acids is 1. The maximum absolute atomic E-state index is 14.3. The number of pyridine rings is 1. The molecule has 3 rings (SSSR count). The largest absolute Gasteiger partial charge is 0.513 e. The molecule has 0 saturated carbocycles. The standard InChI is InChI=1S/C16H11FNO.C5H8O2.Ir/c1-19-14-8-4-7-13(15(14)17)16-12-6-3-2-5-11(12)9-10-18-16;1-4(6)3-5(2)7;/h2-6,8-10H,1H3;3,6H,1-2H3;/q-1;;. The van der Waals surface area contributed by atoms with Gasteiger partial charge in [-0.2, -0.15) is 0 Å². The van der Waals surface area contributed by atoms with Gasteiger partial charge < -0.3 is 14.8 Å². The zero-order chi connectivity index (χ0) is 19.1. The molecule has 0 aliphatic heterocycles. The molecule has 0 saturated heterocycles. The van der Waals surface area contributed by atoms with E-state index in [0.717, 1.165) is 10.8 Å². The predicted octanol–water partition coefficient (Wildman–Crippen LogP) is 4.88. The minimum Gasteiger partial charge on any atom is -0.513 e. The van der Waals surface area contributed by atoms with Gasteiger partial charge >= 0.3 is 0 Å². The van der Waals surface area contributed by atoms with Crippen LogP contribution in [0.3, 0.4) is 0 Å². The minimum absolute atomic E-state index is 0. The summed E-state index contributed by atoms with van der Waals surface area (Å²) in [6.07, 6.45) is 2.84. The molecule has 1 aromatic heterocycles. The van der Waals surface area contributed by atoms with Gasteiger partial charge in [-0.05, 0) is 36.4 Å². The van der Waals surface area contributed by atoms with Gasteiger partial charge in [-0.3, -0.25) is 9.18 Å². The number of rotatable bonds is 3. The number of allylic oxidation sites excluding steroid dienone is 2. The first-order chi connectivity index (χ1) is 12.4. The van der Waals surface area contributed by atoms with Gasteiger partial charge in [-0.15, -0.1) is 12.1 Å². The van der Waals surface area contributed by atoms with Crippen molar-refractivity contribution in [3.05, 3.63) is 72.4 Å². The third-order valence-corrected chi connectivity index (χ3v) is 3.44.